The van der Waals surface area contributed by atoms with E-state index in [1.807, 2.05) is 67.7 Å². The number of ether oxygens (including phenoxy) is 1. The monoisotopic (exact) mass is 412 g/mol. The number of ketones is 2. The second-order valence-corrected chi connectivity index (χ2v) is 7.28. The quantitative estimate of drug-likeness (QED) is 0.359. The molecular weight excluding hydrogens is 392 g/mol. The molecule has 3 aromatic rings. The van der Waals surface area contributed by atoms with Gasteiger partial charge in [0.25, 0.3) is 0 Å². The van der Waals surface area contributed by atoms with E-state index in [4.69, 9.17) is 9.84 Å². The van der Waals surface area contributed by atoms with Crippen molar-refractivity contribution in [1.29, 1.82) is 0 Å². The van der Waals surface area contributed by atoms with Gasteiger partial charge in [0, 0.05) is 23.4 Å². The number of aromatic nitrogens is 2. The predicted octanol–water partition coefficient (Wildman–Crippen LogP) is 4.08. The zero-order valence-electron chi connectivity index (χ0n) is 17.1. The number of benzene rings is 2. The Hall–Kier alpha value is -4.06. The minimum atomic E-state index is -1.47. The Morgan fingerprint density at radius 3 is 2.45 bits per heavy atom. The van der Waals surface area contributed by atoms with Crippen LogP contribution in [0.15, 0.2) is 78.7 Å². The molecule has 1 atom stereocenters. The molecule has 154 valence electrons. The first-order valence-corrected chi connectivity index (χ1v) is 9.81. The maximum absolute atomic E-state index is 12.6. The van der Waals surface area contributed by atoms with Gasteiger partial charge in [-0.2, -0.15) is 5.10 Å². The minimum absolute atomic E-state index is 0.189. The molecule has 0 radical (unpaired) electrons. The number of carbonyl (C=O) groups is 3. The first-order valence-electron chi connectivity index (χ1n) is 9.81. The Bertz CT molecular complexity index is 1240. The van der Waals surface area contributed by atoms with E-state index in [0.29, 0.717) is 11.3 Å². The summed E-state index contributed by atoms with van der Waals surface area (Å²) in [5.74, 6) is -3.32. The number of esters is 1. The lowest BCUT2D eigenvalue weighted by atomic mass is 9.95. The molecule has 0 saturated carbocycles. The molecule has 6 nitrogen and oxygen atoms in total. The minimum Gasteiger partial charge on any atom is -0.430 e. The first-order chi connectivity index (χ1) is 14.9. The fraction of sp³-hybridized carbons (Fsp3) is 0.120. The number of allylic oxidation sites excluding steroid dienone is 3. The van der Waals surface area contributed by atoms with Gasteiger partial charge in [-0.05, 0) is 37.6 Å². The lowest BCUT2D eigenvalue weighted by Crippen LogP contribution is -2.34. The van der Waals surface area contributed by atoms with Crippen molar-refractivity contribution in [3.63, 3.8) is 0 Å². The molecule has 4 rings (SSSR count). The van der Waals surface area contributed by atoms with Gasteiger partial charge >= 0.3 is 5.97 Å². The molecular formula is C25H20N2O4. The first kappa shape index (κ1) is 20.2. The smallest absolute Gasteiger partial charge is 0.329 e. The van der Waals surface area contributed by atoms with E-state index in [0.717, 1.165) is 16.8 Å². The number of hydrogen-bond acceptors (Lipinski definition) is 5. The van der Waals surface area contributed by atoms with Crippen LogP contribution in [0.4, 0.5) is 0 Å². The van der Waals surface area contributed by atoms with Crippen molar-refractivity contribution < 1.29 is 19.1 Å². The highest BCUT2D eigenvalue weighted by atomic mass is 16.5. The second kappa shape index (κ2) is 8.36. The summed E-state index contributed by atoms with van der Waals surface area (Å²) in [6.45, 7) is 3.49. The molecule has 0 fully saturated rings. The van der Waals surface area contributed by atoms with E-state index < -0.39 is 23.5 Å². The Balaban J connectivity index is 1.72. The molecule has 2 aromatic carbocycles. The molecule has 0 saturated heterocycles. The molecule has 1 aliphatic heterocycles. The Morgan fingerprint density at radius 1 is 1.03 bits per heavy atom. The van der Waals surface area contributed by atoms with Gasteiger partial charge in [-0.1, -0.05) is 48.5 Å². The fourth-order valence-corrected chi connectivity index (χ4v) is 3.44. The standard InChI is InChI=1S/C25H20N2O4/c1-16-8-6-7-11-20(16)27-15-19(24(26-27)18-9-4-3-5-10-18)12-13-21(28)23-22(29)14-17(2)31-25(23)30/h3-15,23H,1-2H3. The Kier molecular flexibility index (Phi) is 5.45. The van der Waals surface area contributed by atoms with Crippen LogP contribution in [0, 0.1) is 12.8 Å². The second-order valence-electron chi connectivity index (χ2n) is 7.28. The van der Waals surface area contributed by atoms with Gasteiger partial charge in [-0.25, -0.2) is 4.68 Å². The average Bonchev–Trinajstić information content (AvgIpc) is 3.16. The van der Waals surface area contributed by atoms with Crippen molar-refractivity contribution in [3.8, 4) is 16.9 Å². The number of nitrogens with zero attached hydrogens (tertiary/aromatic N) is 2. The van der Waals surface area contributed by atoms with Gasteiger partial charge in [-0.3, -0.25) is 14.4 Å². The molecule has 2 heterocycles. The zero-order chi connectivity index (χ0) is 22.0. The number of carbonyl (C=O) groups excluding carboxylic acids is 3. The highest BCUT2D eigenvalue weighted by Gasteiger charge is 2.36. The summed E-state index contributed by atoms with van der Waals surface area (Å²) in [5.41, 5.74) is 4.22. The highest BCUT2D eigenvalue weighted by Crippen LogP contribution is 2.26. The van der Waals surface area contributed by atoms with E-state index in [1.54, 1.807) is 10.8 Å². The topological polar surface area (TPSA) is 78.3 Å². The van der Waals surface area contributed by atoms with E-state index in [-0.39, 0.29) is 5.76 Å². The average molecular weight is 412 g/mol. The molecule has 0 amide bonds. The summed E-state index contributed by atoms with van der Waals surface area (Å²) in [6.07, 6.45) is 5.81. The van der Waals surface area contributed by atoms with E-state index >= 15 is 0 Å². The van der Waals surface area contributed by atoms with Crippen molar-refractivity contribution in [3.05, 3.63) is 89.8 Å². The molecule has 31 heavy (non-hydrogen) atoms. The van der Waals surface area contributed by atoms with Crippen LogP contribution in [0.5, 0.6) is 0 Å². The number of aryl methyl sites for hydroxylation is 1. The Morgan fingerprint density at radius 2 is 1.74 bits per heavy atom. The fourth-order valence-electron chi connectivity index (χ4n) is 3.44. The maximum atomic E-state index is 12.6. The number of hydrogen-bond donors (Lipinski definition) is 0. The summed E-state index contributed by atoms with van der Waals surface area (Å²) in [5, 5.41) is 4.73. The lowest BCUT2D eigenvalue weighted by Gasteiger charge is -2.15. The van der Waals surface area contributed by atoms with Gasteiger partial charge in [0.15, 0.2) is 17.5 Å². The van der Waals surface area contributed by atoms with Crippen molar-refractivity contribution in [2.75, 3.05) is 0 Å². The highest BCUT2D eigenvalue weighted by molar-refractivity contribution is 6.25. The summed E-state index contributed by atoms with van der Waals surface area (Å²) < 4.78 is 6.70. The molecule has 1 aliphatic rings. The zero-order valence-corrected chi connectivity index (χ0v) is 17.1. The molecule has 0 aliphatic carbocycles. The van der Waals surface area contributed by atoms with Crippen LogP contribution in [-0.4, -0.2) is 27.3 Å². The van der Waals surface area contributed by atoms with Crippen molar-refractivity contribution in [2.45, 2.75) is 13.8 Å². The molecule has 1 unspecified atom stereocenters. The third-order valence-electron chi connectivity index (χ3n) is 4.99. The van der Waals surface area contributed by atoms with Crippen LogP contribution in [0.2, 0.25) is 0 Å². The summed E-state index contributed by atoms with van der Waals surface area (Å²) in [4.78, 5) is 36.8. The number of para-hydroxylation sites is 1. The van der Waals surface area contributed by atoms with Crippen molar-refractivity contribution in [1.82, 2.24) is 9.78 Å². The predicted molar refractivity (Wildman–Crippen MR) is 116 cm³/mol. The van der Waals surface area contributed by atoms with Gasteiger partial charge < -0.3 is 4.74 Å². The summed E-state index contributed by atoms with van der Waals surface area (Å²) >= 11 is 0. The van der Waals surface area contributed by atoms with Crippen LogP contribution in [0.1, 0.15) is 18.1 Å². The summed E-state index contributed by atoms with van der Waals surface area (Å²) in [6, 6.07) is 17.4. The van der Waals surface area contributed by atoms with Crippen molar-refractivity contribution >= 4 is 23.6 Å². The molecule has 0 spiro atoms. The van der Waals surface area contributed by atoms with Gasteiger partial charge in [0.2, 0.25) is 0 Å². The normalized spacial score (nSPS) is 16.3. The third kappa shape index (κ3) is 4.14. The van der Waals surface area contributed by atoms with Crippen LogP contribution in [0.3, 0.4) is 0 Å². The SMILES string of the molecule is CC1=CC(=O)C(C(=O)C=Cc2cn(-c3ccccc3C)nc2-c2ccccc2)C(=O)O1. The molecule has 0 N–H and O–H groups in total. The van der Waals surface area contributed by atoms with Crippen molar-refractivity contribution in [2.24, 2.45) is 5.92 Å². The number of rotatable bonds is 5. The summed E-state index contributed by atoms with van der Waals surface area (Å²) in [7, 11) is 0. The largest absolute Gasteiger partial charge is 0.430 e. The van der Waals surface area contributed by atoms with Gasteiger partial charge in [0.1, 0.15) is 5.76 Å². The third-order valence-corrected chi connectivity index (χ3v) is 4.99. The van der Waals surface area contributed by atoms with Crippen LogP contribution >= 0.6 is 0 Å². The van der Waals surface area contributed by atoms with E-state index in [9.17, 15) is 14.4 Å². The van der Waals surface area contributed by atoms with E-state index in [1.165, 1.54) is 19.1 Å². The molecule has 6 heteroatoms. The van der Waals surface area contributed by atoms with Crippen LogP contribution in [-0.2, 0) is 19.1 Å². The maximum Gasteiger partial charge on any atom is 0.329 e. The molecule has 0 bridgehead atoms. The van der Waals surface area contributed by atoms with Gasteiger partial charge in [-0.15, -0.1) is 0 Å². The lowest BCUT2D eigenvalue weighted by molar-refractivity contribution is -0.151. The number of cyclic esters (lactones) is 1. The van der Waals surface area contributed by atoms with Crippen LogP contribution in [0.25, 0.3) is 23.0 Å². The van der Waals surface area contributed by atoms with Crippen LogP contribution < -0.4 is 0 Å². The Labute approximate surface area is 179 Å². The van der Waals surface area contributed by atoms with E-state index in [2.05, 4.69) is 0 Å². The molecule has 1 aromatic heterocycles. The van der Waals surface area contributed by atoms with Gasteiger partial charge in [0.05, 0.1) is 11.4 Å².